The number of nitrogens with one attached hydrogen (secondary N) is 1. The van der Waals surface area contributed by atoms with Crippen LogP contribution in [0.2, 0.25) is 0 Å². The summed E-state index contributed by atoms with van der Waals surface area (Å²) in [5.74, 6) is 0. The zero-order chi connectivity index (χ0) is 8.97. The van der Waals surface area contributed by atoms with Crippen molar-refractivity contribution in [1.29, 1.82) is 0 Å². The first-order valence-electron chi connectivity index (χ1n) is 4.41. The third-order valence-corrected chi connectivity index (χ3v) is 2.56. The van der Waals surface area contributed by atoms with Gasteiger partial charge in [-0.3, -0.25) is 0 Å². The average molecular weight is 184 g/mol. The van der Waals surface area contributed by atoms with Crippen LogP contribution < -0.4 is 5.32 Å². The van der Waals surface area contributed by atoms with Gasteiger partial charge in [-0.05, 0) is 20.3 Å². The van der Waals surface area contributed by atoms with Crippen molar-refractivity contribution in [3.05, 3.63) is 11.1 Å². The lowest BCUT2D eigenvalue weighted by atomic mass is 10.2. The van der Waals surface area contributed by atoms with Gasteiger partial charge < -0.3 is 5.32 Å². The van der Waals surface area contributed by atoms with E-state index in [9.17, 15) is 0 Å². The molecule has 0 saturated carbocycles. The predicted molar refractivity (Wildman–Crippen MR) is 54.8 cm³/mol. The number of aryl methyl sites for hydroxylation is 1. The Balaban J connectivity index is 2.41. The summed E-state index contributed by atoms with van der Waals surface area (Å²) in [6.07, 6.45) is 4.34. The second-order valence-corrected chi connectivity index (χ2v) is 4.34. The molecule has 1 unspecified atom stereocenters. The third-order valence-electron chi connectivity index (χ3n) is 1.71. The third kappa shape index (κ3) is 2.81. The van der Waals surface area contributed by atoms with Crippen LogP contribution in [0.1, 0.15) is 31.6 Å². The van der Waals surface area contributed by atoms with Gasteiger partial charge in [0.2, 0.25) is 0 Å². The molecular formula is C9H16N2S. The highest BCUT2D eigenvalue weighted by Crippen LogP contribution is 2.18. The maximum atomic E-state index is 4.25. The van der Waals surface area contributed by atoms with Crippen LogP contribution in [0, 0.1) is 6.92 Å². The Morgan fingerprint density at radius 3 is 2.92 bits per heavy atom. The lowest BCUT2D eigenvalue weighted by Crippen LogP contribution is -2.13. The minimum atomic E-state index is 0.542. The maximum absolute atomic E-state index is 4.25. The summed E-state index contributed by atoms with van der Waals surface area (Å²) in [6, 6.07) is 0.542. The molecule has 68 valence electrons. The van der Waals surface area contributed by atoms with Crippen LogP contribution in [-0.2, 0) is 0 Å². The molecule has 0 radical (unpaired) electrons. The van der Waals surface area contributed by atoms with Crippen LogP contribution >= 0.6 is 11.3 Å². The van der Waals surface area contributed by atoms with Crippen LogP contribution in [0.3, 0.4) is 0 Å². The number of aromatic nitrogens is 1. The summed E-state index contributed by atoms with van der Waals surface area (Å²) in [7, 11) is 0. The number of nitrogens with zero attached hydrogens (tertiary/aromatic N) is 1. The molecule has 0 spiro atoms. The fourth-order valence-electron chi connectivity index (χ4n) is 1.14. The summed E-state index contributed by atoms with van der Waals surface area (Å²) < 4.78 is 0. The molecule has 0 aliphatic heterocycles. The first-order chi connectivity index (χ1) is 5.72. The van der Waals surface area contributed by atoms with Gasteiger partial charge >= 0.3 is 0 Å². The van der Waals surface area contributed by atoms with E-state index in [0.29, 0.717) is 6.04 Å². The molecule has 1 rings (SSSR count). The van der Waals surface area contributed by atoms with Crippen molar-refractivity contribution in [2.75, 3.05) is 5.32 Å². The SMILES string of the molecule is CCCC(C)Nc1ncc(C)s1. The normalized spacial score (nSPS) is 12.9. The second kappa shape index (κ2) is 4.45. The van der Waals surface area contributed by atoms with Crippen molar-refractivity contribution < 1.29 is 0 Å². The van der Waals surface area contributed by atoms with Crippen LogP contribution in [0.25, 0.3) is 0 Å². The Labute approximate surface area is 78.0 Å². The first kappa shape index (κ1) is 9.52. The van der Waals surface area contributed by atoms with Crippen molar-refractivity contribution in [2.24, 2.45) is 0 Å². The van der Waals surface area contributed by atoms with E-state index < -0.39 is 0 Å². The molecule has 3 heteroatoms. The van der Waals surface area contributed by atoms with E-state index in [4.69, 9.17) is 0 Å². The number of anilines is 1. The molecule has 0 fully saturated rings. The fraction of sp³-hybridized carbons (Fsp3) is 0.667. The molecule has 0 aromatic carbocycles. The zero-order valence-corrected chi connectivity index (χ0v) is 8.74. The highest BCUT2D eigenvalue weighted by molar-refractivity contribution is 7.15. The molecule has 1 aromatic heterocycles. The van der Waals surface area contributed by atoms with Gasteiger partial charge in [0.1, 0.15) is 0 Å². The first-order valence-corrected chi connectivity index (χ1v) is 5.23. The van der Waals surface area contributed by atoms with Gasteiger partial charge in [0.25, 0.3) is 0 Å². The monoisotopic (exact) mass is 184 g/mol. The van der Waals surface area contributed by atoms with E-state index in [1.807, 2.05) is 6.20 Å². The van der Waals surface area contributed by atoms with Gasteiger partial charge in [-0.15, -0.1) is 11.3 Å². The van der Waals surface area contributed by atoms with Crippen LogP contribution in [0.15, 0.2) is 6.20 Å². The topological polar surface area (TPSA) is 24.9 Å². The van der Waals surface area contributed by atoms with Gasteiger partial charge in [0.15, 0.2) is 5.13 Å². The van der Waals surface area contributed by atoms with Crippen molar-refractivity contribution in [2.45, 2.75) is 39.7 Å². The molecule has 1 aromatic rings. The number of hydrogen-bond donors (Lipinski definition) is 1. The Hall–Kier alpha value is -0.570. The molecule has 0 aliphatic rings. The standard InChI is InChI=1S/C9H16N2S/c1-4-5-7(2)11-9-10-6-8(3)12-9/h6-7H,4-5H2,1-3H3,(H,10,11). The summed E-state index contributed by atoms with van der Waals surface area (Å²) in [4.78, 5) is 5.51. The van der Waals surface area contributed by atoms with Crippen LogP contribution in [-0.4, -0.2) is 11.0 Å². The molecular weight excluding hydrogens is 168 g/mol. The molecule has 2 nitrogen and oxygen atoms in total. The number of rotatable bonds is 4. The zero-order valence-electron chi connectivity index (χ0n) is 7.92. The summed E-state index contributed by atoms with van der Waals surface area (Å²) in [5.41, 5.74) is 0. The highest BCUT2D eigenvalue weighted by atomic mass is 32.1. The Morgan fingerprint density at radius 2 is 2.42 bits per heavy atom. The van der Waals surface area contributed by atoms with E-state index in [0.717, 1.165) is 5.13 Å². The Bertz CT molecular complexity index is 232. The van der Waals surface area contributed by atoms with Gasteiger partial charge in [0.05, 0.1) is 0 Å². The maximum Gasteiger partial charge on any atom is 0.183 e. The number of hydrogen-bond acceptors (Lipinski definition) is 3. The Morgan fingerprint density at radius 1 is 1.67 bits per heavy atom. The van der Waals surface area contributed by atoms with Crippen LogP contribution in [0.4, 0.5) is 5.13 Å². The van der Waals surface area contributed by atoms with E-state index in [-0.39, 0.29) is 0 Å². The molecule has 1 N–H and O–H groups in total. The van der Waals surface area contributed by atoms with Crippen molar-refractivity contribution in [3.8, 4) is 0 Å². The minimum absolute atomic E-state index is 0.542. The smallest absolute Gasteiger partial charge is 0.183 e. The summed E-state index contributed by atoms with van der Waals surface area (Å²) >= 11 is 1.72. The quantitative estimate of drug-likeness (QED) is 0.778. The number of thiazole rings is 1. The molecule has 1 atom stereocenters. The molecule has 1 heterocycles. The van der Waals surface area contributed by atoms with Gasteiger partial charge in [-0.2, -0.15) is 0 Å². The van der Waals surface area contributed by atoms with E-state index >= 15 is 0 Å². The highest BCUT2D eigenvalue weighted by Gasteiger charge is 2.02. The molecule has 12 heavy (non-hydrogen) atoms. The van der Waals surface area contributed by atoms with E-state index in [1.54, 1.807) is 11.3 Å². The van der Waals surface area contributed by atoms with Gasteiger partial charge in [0, 0.05) is 17.1 Å². The lowest BCUT2D eigenvalue weighted by molar-refractivity contribution is 0.690. The average Bonchev–Trinajstić information content (AvgIpc) is 2.36. The van der Waals surface area contributed by atoms with E-state index in [2.05, 4.69) is 31.1 Å². The van der Waals surface area contributed by atoms with Gasteiger partial charge in [-0.1, -0.05) is 13.3 Å². The molecule has 0 saturated heterocycles. The minimum Gasteiger partial charge on any atom is -0.359 e. The van der Waals surface area contributed by atoms with E-state index in [1.165, 1.54) is 17.7 Å². The second-order valence-electron chi connectivity index (χ2n) is 3.11. The van der Waals surface area contributed by atoms with Crippen molar-refractivity contribution in [1.82, 2.24) is 4.98 Å². The molecule has 0 amide bonds. The molecule has 0 bridgehead atoms. The van der Waals surface area contributed by atoms with Crippen LogP contribution in [0.5, 0.6) is 0 Å². The summed E-state index contributed by atoms with van der Waals surface area (Å²) in [6.45, 7) is 6.47. The van der Waals surface area contributed by atoms with Gasteiger partial charge in [-0.25, -0.2) is 4.98 Å². The predicted octanol–water partition coefficient (Wildman–Crippen LogP) is 3.05. The lowest BCUT2D eigenvalue weighted by Gasteiger charge is -2.10. The molecule has 0 aliphatic carbocycles. The van der Waals surface area contributed by atoms with Crippen molar-refractivity contribution in [3.63, 3.8) is 0 Å². The largest absolute Gasteiger partial charge is 0.359 e. The van der Waals surface area contributed by atoms with Crippen molar-refractivity contribution >= 4 is 16.5 Å². The fourth-order valence-corrected chi connectivity index (χ4v) is 1.91. The Kier molecular flexibility index (Phi) is 3.53. The summed E-state index contributed by atoms with van der Waals surface area (Å²) in [5, 5.41) is 4.42.